The maximum atomic E-state index is 12.3. The van der Waals surface area contributed by atoms with E-state index in [9.17, 15) is 9.59 Å². The fraction of sp³-hybridized carbons (Fsp3) is 0.368. The van der Waals surface area contributed by atoms with E-state index in [1.807, 2.05) is 32.0 Å². The Morgan fingerprint density at radius 1 is 1.36 bits per heavy atom. The van der Waals surface area contributed by atoms with Gasteiger partial charge < -0.3 is 13.7 Å². The van der Waals surface area contributed by atoms with E-state index in [-0.39, 0.29) is 12.4 Å². The smallest absolute Gasteiger partial charge is 0.331 e. The van der Waals surface area contributed by atoms with Gasteiger partial charge in [0.2, 0.25) is 5.78 Å². The number of nitrogens with zero attached hydrogens (tertiary/aromatic N) is 1. The molecule has 0 unspecified atom stereocenters. The van der Waals surface area contributed by atoms with Crippen LogP contribution in [0.25, 0.3) is 0 Å². The number of rotatable bonds is 9. The molecule has 0 radical (unpaired) electrons. The molecule has 2 rings (SSSR count). The molecule has 0 atom stereocenters. The number of thioether (sulfide) groups is 1. The molecule has 0 aliphatic rings. The highest BCUT2D eigenvalue weighted by atomic mass is 32.2. The Kier molecular flexibility index (Phi) is 7.13. The fourth-order valence-electron chi connectivity index (χ4n) is 2.54. The lowest BCUT2D eigenvalue weighted by molar-refractivity contribution is -0.136. The van der Waals surface area contributed by atoms with Crippen molar-refractivity contribution in [2.75, 3.05) is 6.61 Å². The molecule has 6 heteroatoms. The van der Waals surface area contributed by atoms with Crippen LogP contribution in [0.5, 0.6) is 0 Å². The quantitative estimate of drug-likeness (QED) is 0.379. The Morgan fingerprint density at radius 2 is 2.16 bits per heavy atom. The summed E-state index contributed by atoms with van der Waals surface area (Å²) >= 11 is 1.42. The Bertz CT molecular complexity index is 744. The van der Waals surface area contributed by atoms with Crippen molar-refractivity contribution in [1.82, 2.24) is 4.57 Å². The van der Waals surface area contributed by atoms with Crippen molar-refractivity contribution in [3.8, 4) is 0 Å². The number of ether oxygens (including phenoxy) is 1. The first-order valence-electron chi connectivity index (χ1n) is 8.20. The third-order valence-corrected chi connectivity index (χ3v) is 4.55. The largest absolute Gasteiger partial charge is 0.468 e. The molecule has 25 heavy (non-hydrogen) atoms. The molecule has 5 nitrogen and oxygen atoms in total. The first-order valence-corrected chi connectivity index (χ1v) is 9.25. The van der Waals surface area contributed by atoms with E-state index in [2.05, 4.69) is 11.5 Å². The van der Waals surface area contributed by atoms with Crippen LogP contribution in [-0.2, 0) is 21.8 Å². The minimum Gasteiger partial charge on any atom is -0.468 e. The van der Waals surface area contributed by atoms with Crippen LogP contribution in [0.1, 0.15) is 40.9 Å². The molecule has 2 aromatic rings. The van der Waals surface area contributed by atoms with E-state index in [1.165, 1.54) is 17.8 Å². The number of hydrogen-bond donors (Lipinski definition) is 0. The van der Waals surface area contributed by atoms with Gasteiger partial charge in [-0.25, -0.2) is 4.79 Å². The van der Waals surface area contributed by atoms with E-state index in [4.69, 9.17) is 9.15 Å². The highest BCUT2D eigenvalue weighted by Crippen LogP contribution is 2.17. The number of carbonyl (C=O) groups excluding carboxylic acids is 2. The zero-order valence-electron chi connectivity index (χ0n) is 14.8. The van der Waals surface area contributed by atoms with Crippen molar-refractivity contribution >= 4 is 23.5 Å². The van der Waals surface area contributed by atoms with Gasteiger partial charge in [0.25, 0.3) is 0 Å². The van der Waals surface area contributed by atoms with Crippen LogP contribution in [0, 0.1) is 13.8 Å². The monoisotopic (exact) mass is 361 g/mol. The van der Waals surface area contributed by atoms with Gasteiger partial charge in [-0.3, -0.25) is 4.79 Å². The van der Waals surface area contributed by atoms with Gasteiger partial charge in [0.1, 0.15) is 5.76 Å². The molecule has 0 fully saturated rings. The Morgan fingerprint density at radius 3 is 2.84 bits per heavy atom. The topological polar surface area (TPSA) is 61.4 Å². The van der Waals surface area contributed by atoms with Crippen LogP contribution in [0.3, 0.4) is 0 Å². The summed E-state index contributed by atoms with van der Waals surface area (Å²) in [6, 6.07) is 5.54. The second-order valence-electron chi connectivity index (χ2n) is 5.66. The van der Waals surface area contributed by atoms with Crippen molar-refractivity contribution in [3.05, 3.63) is 58.7 Å². The van der Waals surface area contributed by atoms with Gasteiger partial charge in [0, 0.05) is 29.6 Å². The molecular formula is C19H23NO4S. The third-order valence-electron chi connectivity index (χ3n) is 3.77. The SMILES string of the molecule is CCCn1c(C)cc(C(=O)COC(=O)C=CSCc2ccco2)c1C. The van der Waals surface area contributed by atoms with Crippen molar-refractivity contribution in [3.63, 3.8) is 0 Å². The second-order valence-corrected chi connectivity index (χ2v) is 6.55. The molecular weight excluding hydrogens is 338 g/mol. The van der Waals surface area contributed by atoms with Crippen molar-refractivity contribution < 1.29 is 18.7 Å². The summed E-state index contributed by atoms with van der Waals surface area (Å²) in [7, 11) is 0. The molecule has 2 aromatic heterocycles. The highest BCUT2D eigenvalue weighted by molar-refractivity contribution is 8.01. The van der Waals surface area contributed by atoms with Crippen molar-refractivity contribution in [2.45, 2.75) is 39.5 Å². The van der Waals surface area contributed by atoms with Gasteiger partial charge in [-0.2, -0.15) is 0 Å². The summed E-state index contributed by atoms with van der Waals surface area (Å²) < 4.78 is 12.3. The first-order chi connectivity index (χ1) is 12.0. The van der Waals surface area contributed by atoms with Crippen LogP contribution in [0.15, 0.2) is 40.4 Å². The summed E-state index contributed by atoms with van der Waals surface area (Å²) in [6.07, 6.45) is 3.93. The van der Waals surface area contributed by atoms with E-state index >= 15 is 0 Å². The van der Waals surface area contributed by atoms with Gasteiger partial charge in [0.15, 0.2) is 6.61 Å². The zero-order valence-corrected chi connectivity index (χ0v) is 15.6. The number of aryl methyl sites for hydroxylation is 1. The predicted molar refractivity (Wildman–Crippen MR) is 98.6 cm³/mol. The molecule has 0 aliphatic heterocycles. The van der Waals surface area contributed by atoms with Gasteiger partial charge >= 0.3 is 5.97 Å². The summed E-state index contributed by atoms with van der Waals surface area (Å²) in [4.78, 5) is 24.0. The molecule has 0 N–H and O–H groups in total. The molecule has 0 saturated heterocycles. The minimum absolute atomic E-state index is 0.180. The molecule has 0 spiro atoms. The number of aromatic nitrogens is 1. The van der Waals surface area contributed by atoms with E-state index in [0.29, 0.717) is 11.3 Å². The molecule has 0 saturated carbocycles. The van der Waals surface area contributed by atoms with Crippen LogP contribution in [0.4, 0.5) is 0 Å². The standard InChI is InChI=1S/C19H23NO4S/c1-4-8-20-14(2)11-17(15(20)3)18(21)12-24-19(22)7-10-25-13-16-6-5-9-23-16/h5-7,9-11H,4,8,12-13H2,1-3H3. The van der Waals surface area contributed by atoms with Crippen LogP contribution >= 0.6 is 11.8 Å². The number of furan rings is 1. The number of hydrogen-bond acceptors (Lipinski definition) is 5. The van der Waals surface area contributed by atoms with Crippen molar-refractivity contribution in [2.24, 2.45) is 0 Å². The summed E-state index contributed by atoms with van der Waals surface area (Å²) in [5, 5.41) is 1.64. The zero-order chi connectivity index (χ0) is 18.2. The molecule has 0 amide bonds. The van der Waals surface area contributed by atoms with Crippen molar-refractivity contribution in [1.29, 1.82) is 0 Å². The average molecular weight is 361 g/mol. The normalized spacial score (nSPS) is 11.2. The van der Waals surface area contributed by atoms with Crippen LogP contribution < -0.4 is 0 Å². The average Bonchev–Trinajstić information content (AvgIpc) is 3.20. The van der Waals surface area contributed by atoms with E-state index in [0.717, 1.165) is 30.1 Å². The van der Waals surface area contributed by atoms with Crippen LogP contribution in [0.2, 0.25) is 0 Å². The summed E-state index contributed by atoms with van der Waals surface area (Å²) in [6.45, 7) is 6.62. The molecule has 0 aliphatic carbocycles. The predicted octanol–water partition coefficient (Wildman–Crippen LogP) is 4.28. The van der Waals surface area contributed by atoms with Gasteiger partial charge in [0.05, 0.1) is 12.0 Å². The lowest BCUT2D eigenvalue weighted by Crippen LogP contribution is -2.13. The minimum atomic E-state index is -0.525. The molecule has 134 valence electrons. The Hall–Kier alpha value is -2.21. The first kappa shape index (κ1) is 19.1. The third kappa shape index (κ3) is 5.39. The number of carbonyl (C=O) groups is 2. The van der Waals surface area contributed by atoms with E-state index in [1.54, 1.807) is 11.7 Å². The number of esters is 1. The Balaban J connectivity index is 1.81. The lowest BCUT2D eigenvalue weighted by atomic mass is 10.1. The molecule has 0 aromatic carbocycles. The van der Waals surface area contributed by atoms with E-state index < -0.39 is 5.97 Å². The maximum absolute atomic E-state index is 12.3. The molecule has 2 heterocycles. The second kappa shape index (κ2) is 9.32. The van der Waals surface area contributed by atoms with Gasteiger partial charge in [-0.1, -0.05) is 6.92 Å². The fourth-order valence-corrected chi connectivity index (χ4v) is 3.17. The van der Waals surface area contributed by atoms with Gasteiger partial charge in [-0.15, -0.1) is 11.8 Å². The Labute approximate surface area is 152 Å². The number of ketones is 1. The molecule has 0 bridgehead atoms. The van der Waals surface area contributed by atoms with Gasteiger partial charge in [-0.05, 0) is 43.9 Å². The maximum Gasteiger partial charge on any atom is 0.331 e. The van der Waals surface area contributed by atoms with Crippen LogP contribution in [-0.4, -0.2) is 22.9 Å². The summed E-state index contributed by atoms with van der Waals surface area (Å²) in [5.74, 6) is 0.766. The lowest BCUT2D eigenvalue weighted by Gasteiger charge is -2.07. The summed E-state index contributed by atoms with van der Waals surface area (Å²) in [5.41, 5.74) is 2.59. The highest BCUT2D eigenvalue weighted by Gasteiger charge is 2.16. The number of Topliss-reactive ketones (excluding diaryl/α,β-unsaturated/α-hetero) is 1.